The Morgan fingerprint density at radius 3 is 2.71 bits per heavy atom. The zero-order valence-electron chi connectivity index (χ0n) is 7.59. The van der Waals surface area contributed by atoms with Crippen molar-refractivity contribution < 1.29 is 14.6 Å². The van der Waals surface area contributed by atoms with Gasteiger partial charge in [0.25, 0.3) is 0 Å². The van der Waals surface area contributed by atoms with E-state index >= 15 is 0 Å². The van der Waals surface area contributed by atoms with Crippen LogP contribution in [0.15, 0.2) is 6.07 Å². The fraction of sp³-hybridized carbons (Fsp3) is 0.333. The number of nitrogens with two attached hydrogens (primary N) is 1. The number of benzene rings is 1. The van der Waals surface area contributed by atoms with Crippen LogP contribution in [0.4, 0.5) is 4.39 Å². The Kier molecular flexibility index (Phi) is 3.31. The molecule has 4 N–H and O–H groups in total. The Morgan fingerprint density at radius 2 is 2.21 bits per heavy atom. The van der Waals surface area contributed by atoms with E-state index in [1.165, 1.54) is 0 Å². The van der Waals surface area contributed by atoms with Gasteiger partial charge in [-0.05, 0) is 18.6 Å². The van der Waals surface area contributed by atoms with Crippen molar-refractivity contribution in [2.24, 2.45) is 5.73 Å². The van der Waals surface area contributed by atoms with Crippen molar-refractivity contribution in [1.29, 1.82) is 0 Å². The number of halogens is 2. The van der Waals surface area contributed by atoms with Gasteiger partial charge in [-0.15, -0.1) is 0 Å². The first kappa shape index (κ1) is 11.2. The number of rotatable bonds is 2. The van der Waals surface area contributed by atoms with Crippen LogP contribution in [0.2, 0.25) is 5.02 Å². The van der Waals surface area contributed by atoms with Crippen LogP contribution in [-0.2, 0) is 0 Å². The van der Waals surface area contributed by atoms with E-state index in [1.807, 2.05) is 0 Å². The molecule has 0 aliphatic heterocycles. The molecular weight excluding hydrogens is 209 g/mol. The zero-order chi connectivity index (χ0) is 10.9. The maximum Gasteiger partial charge on any atom is 0.166 e. The number of hydrogen-bond donors (Lipinski definition) is 3. The van der Waals surface area contributed by atoms with Crippen LogP contribution in [0.3, 0.4) is 0 Å². The van der Waals surface area contributed by atoms with Crippen molar-refractivity contribution in [3.8, 4) is 5.75 Å². The molecule has 0 aliphatic carbocycles. The molecule has 0 spiro atoms. The van der Waals surface area contributed by atoms with Crippen LogP contribution < -0.4 is 5.73 Å². The Bertz CT molecular complexity index is 331. The summed E-state index contributed by atoms with van der Waals surface area (Å²) in [5, 5.41) is 18.9. The maximum absolute atomic E-state index is 13.0. The van der Waals surface area contributed by atoms with Crippen molar-refractivity contribution in [3.63, 3.8) is 0 Å². The largest absolute Gasteiger partial charge is 0.505 e. The van der Waals surface area contributed by atoms with Gasteiger partial charge in [0, 0.05) is 17.1 Å². The molecule has 0 bridgehead atoms. The molecule has 1 aromatic rings. The maximum atomic E-state index is 13.0. The number of aliphatic hydroxyl groups is 1. The van der Waals surface area contributed by atoms with Crippen molar-refractivity contribution >= 4 is 11.6 Å². The molecule has 1 atom stereocenters. The smallest absolute Gasteiger partial charge is 0.166 e. The van der Waals surface area contributed by atoms with Crippen LogP contribution in [0, 0.1) is 12.7 Å². The molecule has 0 aliphatic rings. The highest BCUT2D eigenvalue weighted by Crippen LogP contribution is 2.34. The van der Waals surface area contributed by atoms with Gasteiger partial charge in [-0.2, -0.15) is 0 Å². The van der Waals surface area contributed by atoms with Crippen LogP contribution in [-0.4, -0.2) is 16.8 Å². The van der Waals surface area contributed by atoms with Crippen molar-refractivity contribution in [1.82, 2.24) is 0 Å². The number of aromatic hydroxyl groups is 1. The number of hydrogen-bond acceptors (Lipinski definition) is 3. The quantitative estimate of drug-likeness (QED) is 0.706. The van der Waals surface area contributed by atoms with E-state index in [4.69, 9.17) is 17.3 Å². The standard InChI is InChI=1S/C9H11ClFNO2/c1-4-5(10)2-6(11)9(14)8(4)7(13)3-12/h2,7,13-14H,3,12H2,1H3. The van der Waals surface area contributed by atoms with E-state index in [0.717, 1.165) is 6.07 Å². The van der Waals surface area contributed by atoms with Gasteiger partial charge in [0.1, 0.15) is 0 Å². The predicted molar refractivity (Wildman–Crippen MR) is 51.8 cm³/mol. The van der Waals surface area contributed by atoms with Crippen LogP contribution in [0.1, 0.15) is 17.2 Å². The highest BCUT2D eigenvalue weighted by atomic mass is 35.5. The van der Waals surface area contributed by atoms with Gasteiger partial charge in [0.15, 0.2) is 11.6 Å². The van der Waals surface area contributed by atoms with E-state index < -0.39 is 17.7 Å². The van der Waals surface area contributed by atoms with Crippen LogP contribution in [0.25, 0.3) is 0 Å². The molecule has 0 fully saturated rings. The second-order valence-corrected chi connectivity index (χ2v) is 3.39. The molecule has 1 aromatic carbocycles. The Labute approximate surface area is 85.9 Å². The SMILES string of the molecule is Cc1c(Cl)cc(F)c(O)c1C(O)CN. The van der Waals surface area contributed by atoms with E-state index in [-0.39, 0.29) is 17.1 Å². The Balaban J connectivity index is 3.39. The van der Waals surface area contributed by atoms with Gasteiger partial charge in [0.2, 0.25) is 0 Å². The molecule has 0 saturated heterocycles. The molecule has 0 saturated carbocycles. The normalized spacial score (nSPS) is 12.9. The summed E-state index contributed by atoms with van der Waals surface area (Å²) in [5.41, 5.74) is 5.70. The van der Waals surface area contributed by atoms with Crippen molar-refractivity contribution in [3.05, 3.63) is 28.0 Å². The first-order chi connectivity index (χ1) is 6.49. The summed E-state index contributed by atoms with van der Waals surface area (Å²) in [5.74, 6) is -1.45. The van der Waals surface area contributed by atoms with Crippen molar-refractivity contribution in [2.75, 3.05) is 6.54 Å². The number of aliphatic hydroxyl groups excluding tert-OH is 1. The van der Waals surface area contributed by atoms with Crippen LogP contribution in [0.5, 0.6) is 5.75 Å². The number of phenolic OH excluding ortho intramolecular Hbond substituents is 1. The average Bonchev–Trinajstić information content (AvgIpc) is 2.15. The minimum Gasteiger partial charge on any atom is -0.505 e. The predicted octanol–water partition coefficient (Wildman–Crippen LogP) is 1.49. The van der Waals surface area contributed by atoms with Gasteiger partial charge < -0.3 is 15.9 Å². The first-order valence-corrected chi connectivity index (χ1v) is 4.42. The second kappa shape index (κ2) is 4.13. The van der Waals surface area contributed by atoms with E-state index in [9.17, 15) is 14.6 Å². The minimum atomic E-state index is -1.11. The molecular formula is C9H11ClFNO2. The van der Waals surface area contributed by atoms with E-state index in [2.05, 4.69) is 0 Å². The molecule has 1 unspecified atom stereocenters. The Morgan fingerprint density at radius 1 is 1.64 bits per heavy atom. The molecule has 0 radical (unpaired) electrons. The third-order valence-electron chi connectivity index (χ3n) is 2.05. The summed E-state index contributed by atoms with van der Waals surface area (Å²) in [6, 6.07) is 0.999. The number of phenols is 1. The lowest BCUT2D eigenvalue weighted by molar-refractivity contribution is 0.180. The zero-order valence-corrected chi connectivity index (χ0v) is 8.35. The lowest BCUT2D eigenvalue weighted by atomic mass is 10.0. The van der Waals surface area contributed by atoms with E-state index in [1.54, 1.807) is 6.92 Å². The third kappa shape index (κ3) is 1.82. The molecule has 3 nitrogen and oxygen atoms in total. The van der Waals surface area contributed by atoms with Gasteiger partial charge in [0.05, 0.1) is 6.10 Å². The summed E-state index contributed by atoms with van der Waals surface area (Å²) in [7, 11) is 0. The second-order valence-electron chi connectivity index (χ2n) is 2.98. The van der Waals surface area contributed by atoms with Crippen molar-refractivity contribution in [2.45, 2.75) is 13.0 Å². The Hall–Kier alpha value is -0.840. The summed E-state index contributed by atoms with van der Waals surface area (Å²) in [4.78, 5) is 0. The third-order valence-corrected chi connectivity index (χ3v) is 2.45. The minimum absolute atomic E-state index is 0.0532. The van der Waals surface area contributed by atoms with E-state index in [0.29, 0.717) is 5.56 Å². The summed E-state index contributed by atoms with van der Waals surface area (Å²) in [6.07, 6.45) is -1.11. The molecule has 78 valence electrons. The lowest BCUT2D eigenvalue weighted by Gasteiger charge is -2.15. The lowest BCUT2D eigenvalue weighted by Crippen LogP contribution is -2.13. The molecule has 5 heteroatoms. The highest BCUT2D eigenvalue weighted by Gasteiger charge is 2.19. The van der Waals surface area contributed by atoms with Gasteiger partial charge in [-0.1, -0.05) is 11.6 Å². The summed E-state index contributed by atoms with van der Waals surface area (Å²) in [6.45, 7) is 1.48. The highest BCUT2D eigenvalue weighted by molar-refractivity contribution is 6.31. The summed E-state index contributed by atoms with van der Waals surface area (Å²) >= 11 is 5.69. The van der Waals surface area contributed by atoms with Gasteiger partial charge in [-0.3, -0.25) is 0 Å². The summed E-state index contributed by atoms with van der Waals surface area (Å²) < 4.78 is 13.0. The molecule has 14 heavy (non-hydrogen) atoms. The average molecular weight is 220 g/mol. The fourth-order valence-corrected chi connectivity index (χ4v) is 1.45. The monoisotopic (exact) mass is 219 g/mol. The molecule has 0 amide bonds. The first-order valence-electron chi connectivity index (χ1n) is 4.04. The van der Waals surface area contributed by atoms with Gasteiger partial charge in [-0.25, -0.2) is 4.39 Å². The molecule has 0 aromatic heterocycles. The molecule has 1 rings (SSSR count). The van der Waals surface area contributed by atoms with Gasteiger partial charge >= 0.3 is 0 Å². The molecule has 0 heterocycles. The topological polar surface area (TPSA) is 66.5 Å². The van der Waals surface area contributed by atoms with Crippen LogP contribution >= 0.6 is 11.6 Å². The fourth-order valence-electron chi connectivity index (χ4n) is 1.25.